The summed E-state index contributed by atoms with van der Waals surface area (Å²) in [6.45, 7) is 2.03. The smallest absolute Gasteiger partial charge is 0.121 e. The molecule has 2 nitrogen and oxygen atoms in total. The summed E-state index contributed by atoms with van der Waals surface area (Å²) >= 11 is 3.62. The Morgan fingerprint density at radius 2 is 2.12 bits per heavy atom. The van der Waals surface area contributed by atoms with Gasteiger partial charge in [0.1, 0.15) is 11.5 Å². The lowest BCUT2D eigenvalue weighted by Gasteiger charge is -2.10. The lowest BCUT2D eigenvalue weighted by molar-refractivity contribution is 0.411. The minimum atomic E-state index is 0.0899. The molecule has 16 heavy (non-hydrogen) atoms. The fourth-order valence-corrected chi connectivity index (χ4v) is 2.20. The average Bonchev–Trinajstić information content (AvgIpc) is 2.81. The van der Waals surface area contributed by atoms with Crippen LogP contribution in [-0.4, -0.2) is 7.11 Å². The Balaban J connectivity index is 2.31. The Labute approximate surface area is 103 Å². The summed E-state index contributed by atoms with van der Waals surface area (Å²) in [6, 6.07) is 9.95. The zero-order valence-corrected chi connectivity index (χ0v) is 10.8. The molecule has 0 saturated carbocycles. The highest BCUT2D eigenvalue weighted by molar-refractivity contribution is 9.09. The van der Waals surface area contributed by atoms with E-state index in [9.17, 15) is 0 Å². The van der Waals surface area contributed by atoms with Crippen LogP contribution in [0, 0.1) is 6.92 Å². The van der Waals surface area contributed by atoms with E-state index in [1.165, 1.54) is 0 Å². The van der Waals surface area contributed by atoms with Crippen molar-refractivity contribution >= 4 is 15.9 Å². The molecule has 1 aromatic heterocycles. The monoisotopic (exact) mass is 280 g/mol. The molecule has 0 saturated heterocycles. The summed E-state index contributed by atoms with van der Waals surface area (Å²) in [4.78, 5) is 0.0899. The average molecular weight is 281 g/mol. The van der Waals surface area contributed by atoms with Crippen molar-refractivity contribution in [3.05, 3.63) is 53.5 Å². The fourth-order valence-electron chi connectivity index (χ4n) is 1.66. The van der Waals surface area contributed by atoms with Crippen LogP contribution in [0.15, 0.2) is 41.0 Å². The molecule has 2 aromatic rings. The van der Waals surface area contributed by atoms with Gasteiger partial charge >= 0.3 is 0 Å². The molecule has 1 unspecified atom stereocenters. The first kappa shape index (κ1) is 11.3. The molecule has 0 radical (unpaired) electrons. The third-order valence-corrected chi connectivity index (χ3v) is 3.48. The highest BCUT2D eigenvalue weighted by atomic mass is 79.9. The number of alkyl halides is 1. The highest BCUT2D eigenvalue weighted by Crippen LogP contribution is 2.33. The number of benzene rings is 1. The molecule has 84 valence electrons. The normalized spacial score (nSPS) is 12.4. The second-order valence-electron chi connectivity index (χ2n) is 3.61. The first-order valence-electron chi connectivity index (χ1n) is 5.04. The number of methoxy groups -OCH3 is 1. The first-order chi connectivity index (χ1) is 7.72. The van der Waals surface area contributed by atoms with Crippen molar-refractivity contribution in [1.29, 1.82) is 0 Å². The van der Waals surface area contributed by atoms with Gasteiger partial charge in [-0.05, 0) is 36.2 Å². The molecule has 0 aliphatic rings. The van der Waals surface area contributed by atoms with Gasteiger partial charge in [0, 0.05) is 0 Å². The van der Waals surface area contributed by atoms with Crippen LogP contribution in [0.5, 0.6) is 5.75 Å². The van der Waals surface area contributed by atoms with Crippen molar-refractivity contribution in [2.24, 2.45) is 0 Å². The maximum Gasteiger partial charge on any atom is 0.121 e. The molecule has 0 fully saturated rings. The zero-order valence-electron chi connectivity index (χ0n) is 9.24. The number of hydrogen-bond acceptors (Lipinski definition) is 2. The fraction of sp³-hybridized carbons (Fsp3) is 0.231. The third kappa shape index (κ3) is 2.14. The second kappa shape index (κ2) is 4.74. The van der Waals surface area contributed by atoms with Crippen LogP contribution in [0.1, 0.15) is 21.7 Å². The van der Waals surface area contributed by atoms with Crippen LogP contribution in [0.4, 0.5) is 0 Å². The van der Waals surface area contributed by atoms with Gasteiger partial charge in [-0.15, -0.1) is 0 Å². The standard InChI is InChI=1S/C13H13BrO2/c1-9-8-10(5-6-11(9)15-2)13(14)12-4-3-7-16-12/h3-8,13H,1-2H3. The second-order valence-corrected chi connectivity index (χ2v) is 4.52. The number of aryl methyl sites for hydroxylation is 1. The van der Waals surface area contributed by atoms with E-state index in [1.54, 1.807) is 13.4 Å². The van der Waals surface area contributed by atoms with Gasteiger partial charge in [-0.2, -0.15) is 0 Å². The van der Waals surface area contributed by atoms with Crippen molar-refractivity contribution < 1.29 is 9.15 Å². The number of ether oxygens (including phenoxy) is 1. The van der Waals surface area contributed by atoms with E-state index in [1.807, 2.05) is 31.2 Å². The molecule has 0 N–H and O–H groups in total. The molecule has 0 aliphatic heterocycles. The number of rotatable bonds is 3. The summed E-state index contributed by atoms with van der Waals surface area (Å²) in [5, 5.41) is 0. The van der Waals surface area contributed by atoms with Crippen LogP contribution in [0.25, 0.3) is 0 Å². The van der Waals surface area contributed by atoms with Gasteiger partial charge in [0.15, 0.2) is 0 Å². The van der Waals surface area contributed by atoms with E-state index in [-0.39, 0.29) is 4.83 Å². The van der Waals surface area contributed by atoms with E-state index in [2.05, 4.69) is 22.0 Å². The lowest BCUT2D eigenvalue weighted by Crippen LogP contribution is -1.93. The van der Waals surface area contributed by atoms with E-state index in [4.69, 9.17) is 9.15 Å². The maximum atomic E-state index is 5.37. The highest BCUT2D eigenvalue weighted by Gasteiger charge is 2.13. The predicted molar refractivity (Wildman–Crippen MR) is 67.2 cm³/mol. The minimum Gasteiger partial charge on any atom is -0.496 e. The van der Waals surface area contributed by atoms with Gasteiger partial charge in [-0.1, -0.05) is 28.1 Å². The molecular weight excluding hydrogens is 268 g/mol. The lowest BCUT2D eigenvalue weighted by atomic mass is 10.1. The maximum absolute atomic E-state index is 5.37. The van der Waals surface area contributed by atoms with Crippen LogP contribution in [-0.2, 0) is 0 Å². The Bertz CT molecular complexity index is 463. The SMILES string of the molecule is COc1ccc(C(Br)c2ccco2)cc1C. The van der Waals surface area contributed by atoms with Crippen molar-refractivity contribution in [3.63, 3.8) is 0 Å². The number of furan rings is 1. The van der Waals surface area contributed by atoms with Gasteiger partial charge in [0.25, 0.3) is 0 Å². The Morgan fingerprint density at radius 3 is 2.69 bits per heavy atom. The van der Waals surface area contributed by atoms with Crippen LogP contribution >= 0.6 is 15.9 Å². The number of halogens is 1. The third-order valence-electron chi connectivity index (χ3n) is 2.50. The van der Waals surface area contributed by atoms with Gasteiger partial charge < -0.3 is 9.15 Å². The largest absolute Gasteiger partial charge is 0.496 e. The predicted octanol–water partition coefficient (Wildman–Crippen LogP) is 4.08. The quantitative estimate of drug-likeness (QED) is 0.791. The molecule has 2 rings (SSSR count). The molecule has 1 atom stereocenters. The minimum absolute atomic E-state index is 0.0899. The van der Waals surface area contributed by atoms with E-state index in [0.717, 1.165) is 22.6 Å². The zero-order chi connectivity index (χ0) is 11.5. The van der Waals surface area contributed by atoms with Crippen LogP contribution in [0.3, 0.4) is 0 Å². The van der Waals surface area contributed by atoms with Crippen molar-refractivity contribution in [2.75, 3.05) is 7.11 Å². The van der Waals surface area contributed by atoms with Gasteiger partial charge in [0.05, 0.1) is 18.2 Å². The van der Waals surface area contributed by atoms with Gasteiger partial charge in [-0.25, -0.2) is 0 Å². The number of hydrogen-bond donors (Lipinski definition) is 0. The summed E-state index contributed by atoms with van der Waals surface area (Å²) in [5.41, 5.74) is 2.28. The molecule has 1 aromatic carbocycles. The Morgan fingerprint density at radius 1 is 1.31 bits per heavy atom. The van der Waals surface area contributed by atoms with Crippen LogP contribution < -0.4 is 4.74 Å². The van der Waals surface area contributed by atoms with Crippen molar-refractivity contribution in [3.8, 4) is 5.75 Å². The molecule has 1 heterocycles. The summed E-state index contributed by atoms with van der Waals surface area (Å²) < 4.78 is 10.6. The van der Waals surface area contributed by atoms with E-state index in [0.29, 0.717) is 0 Å². The summed E-state index contributed by atoms with van der Waals surface area (Å²) in [7, 11) is 1.68. The van der Waals surface area contributed by atoms with Crippen molar-refractivity contribution in [2.45, 2.75) is 11.8 Å². The summed E-state index contributed by atoms with van der Waals surface area (Å²) in [5.74, 6) is 1.81. The molecule has 0 spiro atoms. The van der Waals surface area contributed by atoms with Gasteiger partial charge in [0.2, 0.25) is 0 Å². The molecule has 0 aliphatic carbocycles. The topological polar surface area (TPSA) is 22.4 Å². The summed E-state index contributed by atoms with van der Waals surface area (Å²) in [6.07, 6.45) is 1.68. The van der Waals surface area contributed by atoms with E-state index >= 15 is 0 Å². The van der Waals surface area contributed by atoms with Gasteiger partial charge in [-0.3, -0.25) is 0 Å². The Kier molecular flexibility index (Phi) is 3.34. The molecule has 0 amide bonds. The molecule has 3 heteroatoms. The van der Waals surface area contributed by atoms with Crippen molar-refractivity contribution in [1.82, 2.24) is 0 Å². The first-order valence-corrected chi connectivity index (χ1v) is 5.96. The molecular formula is C13H13BrO2. The van der Waals surface area contributed by atoms with E-state index < -0.39 is 0 Å². The Hall–Kier alpha value is -1.22. The van der Waals surface area contributed by atoms with Crippen LogP contribution in [0.2, 0.25) is 0 Å². The molecule has 0 bridgehead atoms.